The Morgan fingerprint density at radius 3 is 2.89 bits per heavy atom. The largest absolute Gasteiger partial charge is 0.496 e. The third-order valence-electron chi connectivity index (χ3n) is 2.86. The Balaban J connectivity index is 2.56. The van der Waals surface area contributed by atoms with Crippen LogP contribution >= 0.6 is 0 Å². The number of hydrogen-bond acceptors (Lipinski definition) is 2. The molecular formula is C15H20FNO. The molecule has 0 saturated carbocycles. The van der Waals surface area contributed by atoms with Crippen LogP contribution in [0.4, 0.5) is 4.39 Å². The van der Waals surface area contributed by atoms with E-state index in [1.165, 1.54) is 6.07 Å². The van der Waals surface area contributed by atoms with Crippen LogP contribution < -0.4 is 10.1 Å². The minimum Gasteiger partial charge on any atom is -0.496 e. The second kappa shape index (κ2) is 7.73. The summed E-state index contributed by atoms with van der Waals surface area (Å²) in [7, 11) is 1.55. The van der Waals surface area contributed by atoms with Gasteiger partial charge in [-0.25, -0.2) is 4.39 Å². The second-order valence-corrected chi connectivity index (χ2v) is 4.19. The van der Waals surface area contributed by atoms with E-state index in [0.29, 0.717) is 11.3 Å². The number of benzene rings is 1. The first-order valence-electron chi connectivity index (χ1n) is 6.20. The standard InChI is InChI=1S/C15H20FNO/c1-4-5-6-7-11-17-12(2)15-13(16)9-8-10-14(15)18-3/h1,8-10,12,17H,5-7,11H2,2-3H3. The highest BCUT2D eigenvalue weighted by atomic mass is 19.1. The molecule has 0 aliphatic heterocycles. The van der Waals surface area contributed by atoms with E-state index < -0.39 is 0 Å². The average Bonchev–Trinajstić information content (AvgIpc) is 2.37. The number of terminal acetylenes is 1. The smallest absolute Gasteiger partial charge is 0.131 e. The molecular weight excluding hydrogens is 229 g/mol. The predicted octanol–water partition coefficient (Wildman–Crippen LogP) is 3.29. The van der Waals surface area contributed by atoms with E-state index in [2.05, 4.69) is 11.2 Å². The van der Waals surface area contributed by atoms with Crippen LogP contribution in [-0.2, 0) is 0 Å². The summed E-state index contributed by atoms with van der Waals surface area (Å²) >= 11 is 0. The van der Waals surface area contributed by atoms with Gasteiger partial charge in [-0.15, -0.1) is 12.3 Å². The molecule has 18 heavy (non-hydrogen) atoms. The van der Waals surface area contributed by atoms with Crippen molar-refractivity contribution < 1.29 is 9.13 Å². The van der Waals surface area contributed by atoms with Gasteiger partial charge in [-0.3, -0.25) is 0 Å². The zero-order valence-electron chi connectivity index (χ0n) is 11.0. The number of unbranched alkanes of at least 4 members (excludes halogenated alkanes) is 2. The molecule has 3 heteroatoms. The SMILES string of the molecule is C#CCCCCNC(C)c1c(F)cccc1OC. The molecule has 0 amide bonds. The highest BCUT2D eigenvalue weighted by Crippen LogP contribution is 2.27. The number of hydrogen-bond donors (Lipinski definition) is 1. The van der Waals surface area contributed by atoms with E-state index in [-0.39, 0.29) is 11.9 Å². The highest BCUT2D eigenvalue weighted by molar-refractivity contribution is 5.36. The zero-order valence-corrected chi connectivity index (χ0v) is 11.0. The molecule has 0 aliphatic carbocycles. The van der Waals surface area contributed by atoms with Crippen molar-refractivity contribution in [2.75, 3.05) is 13.7 Å². The fraction of sp³-hybridized carbons (Fsp3) is 0.467. The van der Waals surface area contributed by atoms with E-state index in [4.69, 9.17) is 11.2 Å². The maximum atomic E-state index is 13.8. The topological polar surface area (TPSA) is 21.3 Å². The lowest BCUT2D eigenvalue weighted by Crippen LogP contribution is -2.21. The first kappa shape index (κ1) is 14.5. The van der Waals surface area contributed by atoms with Gasteiger partial charge >= 0.3 is 0 Å². The Morgan fingerprint density at radius 1 is 1.44 bits per heavy atom. The van der Waals surface area contributed by atoms with Crippen LogP contribution in [0.5, 0.6) is 5.75 Å². The van der Waals surface area contributed by atoms with Crippen molar-refractivity contribution in [1.82, 2.24) is 5.32 Å². The minimum absolute atomic E-state index is 0.0769. The molecule has 98 valence electrons. The molecule has 1 N–H and O–H groups in total. The van der Waals surface area contributed by atoms with Gasteiger partial charge in [0.15, 0.2) is 0 Å². The van der Waals surface area contributed by atoms with Crippen molar-refractivity contribution in [3.63, 3.8) is 0 Å². The minimum atomic E-state index is -0.238. The Morgan fingerprint density at radius 2 is 2.22 bits per heavy atom. The molecule has 0 spiro atoms. The van der Waals surface area contributed by atoms with Crippen molar-refractivity contribution in [2.24, 2.45) is 0 Å². The van der Waals surface area contributed by atoms with Gasteiger partial charge in [-0.2, -0.15) is 0 Å². The monoisotopic (exact) mass is 249 g/mol. The fourth-order valence-corrected chi connectivity index (χ4v) is 1.89. The summed E-state index contributed by atoms with van der Waals surface area (Å²) in [6.45, 7) is 2.75. The van der Waals surface area contributed by atoms with Crippen LogP contribution in [0.25, 0.3) is 0 Å². The van der Waals surface area contributed by atoms with E-state index in [9.17, 15) is 4.39 Å². The zero-order chi connectivity index (χ0) is 13.4. The number of nitrogens with one attached hydrogen (secondary N) is 1. The van der Waals surface area contributed by atoms with Gasteiger partial charge in [0.25, 0.3) is 0 Å². The third-order valence-corrected chi connectivity index (χ3v) is 2.86. The molecule has 0 fully saturated rings. The normalized spacial score (nSPS) is 11.9. The van der Waals surface area contributed by atoms with Gasteiger partial charge in [0, 0.05) is 18.0 Å². The number of rotatable bonds is 7. The molecule has 1 aromatic rings. The molecule has 0 aliphatic rings. The van der Waals surface area contributed by atoms with Crippen molar-refractivity contribution in [3.05, 3.63) is 29.6 Å². The number of halogens is 1. The average molecular weight is 249 g/mol. The van der Waals surface area contributed by atoms with Crippen molar-refractivity contribution >= 4 is 0 Å². The van der Waals surface area contributed by atoms with Gasteiger partial charge in [0.2, 0.25) is 0 Å². The first-order valence-corrected chi connectivity index (χ1v) is 6.20. The van der Waals surface area contributed by atoms with E-state index >= 15 is 0 Å². The fourth-order valence-electron chi connectivity index (χ4n) is 1.89. The maximum Gasteiger partial charge on any atom is 0.131 e. The second-order valence-electron chi connectivity index (χ2n) is 4.19. The first-order chi connectivity index (χ1) is 8.70. The van der Waals surface area contributed by atoms with E-state index in [1.54, 1.807) is 19.2 Å². The molecule has 1 unspecified atom stereocenters. The quantitative estimate of drug-likeness (QED) is 0.591. The lowest BCUT2D eigenvalue weighted by atomic mass is 10.1. The molecule has 0 radical (unpaired) electrons. The summed E-state index contributed by atoms with van der Waals surface area (Å²) < 4.78 is 19.0. The number of ether oxygens (including phenoxy) is 1. The van der Waals surface area contributed by atoms with E-state index in [1.807, 2.05) is 6.92 Å². The van der Waals surface area contributed by atoms with Crippen LogP contribution in [0.15, 0.2) is 18.2 Å². The summed E-state index contributed by atoms with van der Waals surface area (Å²) in [5.74, 6) is 2.95. The lowest BCUT2D eigenvalue weighted by Gasteiger charge is -2.17. The third kappa shape index (κ3) is 4.05. The summed E-state index contributed by atoms with van der Waals surface area (Å²) in [6, 6.07) is 4.80. The number of methoxy groups -OCH3 is 1. The van der Waals surface area contributed by atoms with E-state index in [0.717, 1.165) is 25.8 Å². The molecule has 0 aromatic heterocycles. The van der Waals surface area contributed by atoms with Gasteiger partial charge in [0.05, 0.1) is 7.11 Å². The van der Waals surface area contributed by atoms with Crippen molar-refractivity contribution in [1.29, 1.82) is 0 Å². The summed E-state index contributed by atoms with van der Waals surface area (Å²) in [5, 5.41) is 3.28. The molecule has 2 nitrogen and oxygen atoms in total. The highest BCUT2D eigenvalue weighted by Gasteiger charge is 2.15. The van der Waals surface area contributed by atoms with Crippen molar-refractivity contribution in [3.8, 4) is 18.1 Å². The van der Waals surface area contributed by atoms with Gasteiger partial charge in [-0.1, -0.05) is 6.07 Å². The molecule has 0 bridgehead atoms. The van der Waals surface area contributed by atoms with Gasteiger partial charge < -0.3 is 10.1 Å². The molecule has 1 aromatic carbocycles. The predicted molar refractivity (Wildman–Crippen MR) is 72.1 cm³/mol. The Hall–Kier alpha value is -1.53. The Kier molecular flexibility index (Phi) is 6.24. The summed E-state index contributed by atoms with van der Waals surface area (Å²) in [4.78, 5) is 0. The maximum absolute atomic E-state index is 13.8. The van der Waals surface area contributed by atoms with Gasteiger partial charge in [-0.05, 0) is 38.4 Å². The van der Waals surface area contributed by atoms with Crippen LogP contribution in [-0.4, -0.2) is 13.7 Å². The molecule has 0 heterocycles. The van der Waals surface area contributed by atoms with Crippen LogP contribution in [0.3, 0.4) is 0 Å². The Labute approximate surface area is 109 Å². The van der Waals surface area contributed by atoms with Crippen LogP contribution in [0, 0.1) is 18.2 Å². The molecule has 1 atom stereocenters. The summed E-state index contributed by atoms with van der Waals surface area (Å²) in [5.41, 5.74) is 0.581. The molecule has 0 saturated heterocycles. The molecule has 1 rings (SSSR count). The lowest BCUT2D eigenvalue weighted by molar-refractivity contribution is 0.393. The summed E-state index contributed by atoms with van der Waals surface area (Å²) in [6.07, 6.45) is 7.96. The van der Waals surface area contributed by atoms with Crippen LogP contribution in [0.2, 0.25) is 0 Å². The van der Waals surface area contributed by atoms with Crippen molar-refractivity contribution in [2.45, 2.75) is 32.2 Å². The van der Waals surface area contributed by atoms with Gasteiger partial charge in [0.1, 0.15) is 11.6 Å². The van der Waals surface area contributed by atoms with Crippen LogP contribution in [0.1, 0.15) is 37.8 Å². The Bertz CT molecular complexity index is 411.